The molecule has 17 heavy (non-hydrogen) atoms. The minimum absolute atomic E-state index is 0.460. The van der Waals surface area contributed by atoms with Gasteiger partial charge in [0, 0.05) is 20.3 Å². The first-order chi connectivity index (χ1) is 8.15. The number of aryl methyl sites for hydroxylation is 1. The van der Waals surface area contributed by atoms with Gasteiger partial charge in [0.1, 0.15) is 11.8 Å². The average Bonchev–Trinajstić information content (AvgIpc) is 2.69. The van der Waals surface area contributed by atoms with Crippen LogP contribution >= 0.6 is 0 Å². The second-order valence-electron chi connectivity index (χ2n) is 3.45. The van der Waals surface area contributed by atoms with Crippen molar-refractivity contribution in [1.82, 2.24) is 9.78 Å². The minimum atomic E-state index is -0.933. The van der Waals surface area contributed by atoms with Crippen LogP contribution in [0.3, 0.4) is 0 Å². The van der Waals surface area contributed by atoms with E-state index in [0.717, 1.165) is 0 Å². The van der Waals surface area contributed by atoms with Gasteiger partial charge in [0.15, 0.2) is 12.0 Å². The summed E-state index contributed by atoms with van der Waals surface area (Å²) in [6, 6.07) is 0. The number of aromatic nitrogens is 2. The Morgan fingerprint density at radius 3 is 2.41 bits per heavy atom. The number of nitrogens with zero attached hydrogens (tertiary/aromatic N) is 2. The molecule has 0 fully saturated rings. The van der Waals surface area contributed by atoms with E-state index in [2.05, 4.69) is 5.10 Å². The van der Waals surface area contributed by atoms with E-state index < -0.39 is 12.4 Å². The maximum absolute atomic E-state index is 10.2. The van der Waals surface area contributed by atoms with Crippen LogP contribution in [0.4, 0.5) is 0 Å². The molecule has 0 saturated heterocycles. The SMILES string of the molecule is CCOC(OCC)C(O)c1c(OC)cnn1C. The molecular weight excluding hydrogens is 224 g/mol. The number of hydrogen-bond acceptors (Lipinski definition) is 5. The van der Waals surface area contributed by atoms with Gasteiger partial charge in [-0.2, -0.15) is 5.10 Å². The molecule has 1 N–H and O–H groups in total. The van der Waals surface area contributed by atoms with Crippen LogP contribution in [0.2, 0.25) is 0 Å². The van der Waals surface area contributed by atoms with Gasteiger partial charge in [-0.05, 0) is 13.8 Å². The smallest absolute Gasteiger partial charge is 0.189 e. The van der Waals surface area contributed by atoms with E-state index >= 15 is 0 Å². The summed E-state index contributed by atoms with van der Waals surface area (Å²) in [4.78, 5) is 0. The lowest BCUT2D eigenvalue weighted by atomic mass is 10.2. The molecular formula is C11H20N2O4. The highest BCUT2D eigenvalue weighted by atomic mass is 16.7. The summed E-state index contributed by atoms with van der Waals surface area (Å²) in [7, 11) is 3.26. The van der Waals surface area contributed by atoms with Crippen molar-refractivity contribution in [2.24, 2.45) is 7.05 Å². The second kappa shape index (κ2) is 6.58. The molecule has 0 saturated carbocycles. The Bertz CT molecular complexity index is 334. The van der Waals surface area contributed by atoms with Crippen LogP contribution in [-0.4, -0.2) is 41.5 Å². The van der Waals surface area contributed by atoms with Crippen LogP contribution in [0.1, 0.15) is 25.6 Å². The third kappa shape index (κ3) is 3.18. The highest BCUT2D eigenvalue weighted by molar-refractivity contribution is 5.27. The Hall–Kier alpha value is -1.11. The topological polar surface area (TPSA) is 65.7 Å². The van der Waals surface area contributed by atoms with Gasteiger partial charge in [0.05, 0.1) is 13.3 Å². The molecule has 0 amide bonds. The predicted octanol–water partition coefficient (Wildman–Crippen LogP) is 0.861. The molecule has 6 heteroatoms. The first-order valence-corrected chi connectivity index (χ1v) is 5.62. The van der Waals surface area contributed by atoms with E-state index in [9.17, 15) is 5.11 Å². The van der Waals surface area contributed by atoms with Crippen LogP contribution < -0.4 is 4.74 Å². The molecule has 1 aromatic rings. The van der Waals surface area contributed by atoms with E-state index in [-0.39, 0.29) is 0 Å². The summed E-state index contributed by atoms with van der Waals surface area (Å²) < 4.78 is 17.4. The van der Waals surface area contributed by atoms with Crippen molar-refractivity contribution in [2.45, 2.75) is 26.2 Å². The van der Waals surface area contributed by atoms with Crippen LogP contribution in [0.25, 0.3) is 0 Å². The normalized spacial score (nSPS) is 13.1. The van der Waals surface area contributed by atoms with Crippen molar-refractivity contribution >= 4 is 0 Å². The Morgan fingerprint density at radius 2 is 1.94 bits per heavy atom. The average molecular weight is 244 g/mol. The highest BCUT2D eigenvalue weighted by Crippen LogP contribution is 2.28. The van der Waals surface area contributed by atoms with Crippen molar-refractivity contribution < 1.29 is 19.3 Å². The molecule has 0 bridgehead atoms. The maximum atomic E-state index is 10.2. The van der Waals surface area contributed by atoms with E-state index in [1.807, 2.05) is 13.8 Å². The molecule has 0 aliphatic rings. The molecule has 1 heterocycles. The minimum Gasteiger partial charge on any atom is -0.493 e. The number of rotatable bonds is 7. The van der Waals surface area contributed by atoms with Crippen LogP contribution in [0.15, 0.2) is 6.20 Å². The van der Waals surface area contributed by atoms with Crippen LogP contribution in [0.5, 0.6) is 5.75 Å². The van der Waals surface area contributed by atoms with Gasteiger partial charge in [-0.1, -0.05) is 0 Å². The Kier molecular flexibility index (Phi) is 5.40. The lowest BCUT2D eigenvalue weighted by Crippen LogP contribution is -2.27. The summed E-state index contributed by atoms with van der Waals surface area (Å²) >= 11 is 0. The van der Waals surface area contributed by atoms with E-state index in [4.69, 9.17) is 14.2 Å². The number of ether oxygens (including phenoxy) is 3. The van der Waals surface area contributed by atoms with E-state index in [1.165, 1.54) is 7.11 Å². The van der Waals surface area contributed by atoms with Gasteiger partial charge in [0.25, 0.3) is 0 Å². The third-order valence-electron chi connectivity index (χ3n) is 2.37. The first-order valence-electron chi connectivity index (χ1n) is 5.62. The van der Waals surface area contributed by atoms with Crippen molar-refractivity contribution in [3.8, 4) is 5.75 Å². The zero-order valence-electron chi connectivity index (χ0n) is 10.7. The fraction of sp³-hybridized carbons (Fsp3) is 0.727. The Labute approximate surface area is 101 Å². The summed E-state index contributed by atoms with van der Waals surface area (Å²) in [5.74, 6) is 0.518. The second-order valence-corrected chi connectivity index (χ2v) is 3.45. The molecule has 1 atom stereocenters. The summed E-state index contributed by atoms with van der Waals surface area (Å²) in [6.07, 6.45) is -0.0975. The monoisotopic (exact) mass is 244 g/mol. The highest BCUT2D eigenvalue weighted by Gasteiger charge is 2.27. The summed E-state index contributed by atoms with van der Waals surface area (Å²) in [5.41, 5.74) is 0.541. The molecule has 1 unspecified atom stereocenters. The molecule has 98 valence electrons. The quantitative estimate of drug-likeness (QED) is 0.721. The van der Waals surface area contributed by atoms with Gasteiger partial charge in [0.2, 0.25) is 0 Å². The molecule has 1 aromatic heterocycles. The summed E-state index contributed by atoms with van der Waals surface area (Å²) in [6.45, 7) is 4.61. The standard InChI is InChI=1S/C11H20N2O4/c1-5-16-11(17-6-2)10(14)9-8(15-4)7-12-13(9)3/h7,10-11,14H,5-6H2,1-4H3. The molecule has 0 aromatic carbocycles. The fourth-order valence-corrected chi connectivity index (χ4v) is 1.61. The van der Waals surface area contributed by atoms with Gasteiger partial charge in [-0.3, -0.25) is 4.68 Å². The predicted molar refractivity (Wildman–Crippen MR) is 61.8 cm³/mol. The van der Waals surface area contributed by atoms with Crippen molar-refractivity contribution in [1.29, 1.82) is 0 Å². The Morgan fingerprint density at radius 1 is 1.35 bits per heavy atom. The van der Waals surface area contributed by atoms with Crippen LogP contribution in [0, 0.1) is 0 Å². The molecule has 0 aliphatic carbocycles. The maximum Gasteiger partial charge on any atom is 0.189 e. The van der Waals surface area contributed by atoms with E-state index in [1.54, 1.807) is 17.9 Å². The van der Waals surface area contributed by atoms with Gasteiger partial charge in [-0.25, -0.2) is 0 Å². The van der Waals surface area contributed by atoms with E-state index in [0.29, 0.717) is 24.7 Å². The molecule has 1 rings (SSSR count). The van der Waals surface area contributed by atoms with Gasteiger partial charge in [-0.15, -0.1) is 0 Å². The lowest BCUT2D eigenvalue weighted by molar-refractivity contribution is -0.193. The molecule has 6 nitrogen and oxygen atoms in total. The number of aliphatic hydroxyl groups is 1. The zero-order chi connectivity index (χ0) is 12.8. The van der Waals surface area contributed by atoms with Gasteiger partial charge >= 0.3 is 0 Å². The first kappa shape index (κ1) is 14.0. The molecule has 0 radical (unpaired) electrons. The number of methoxy groups -OCH3 is 1. The Balaban J connectivity index is 2.90. The van der Waals surface area contributed by atoms with Crippen molar-refractivity contribution in [3.05, 3.63) is 11.9 Å². The summed E-state index contributed by atoms with van der Waals surface area (Å²) in [5, 5.41) is 14.3. The number of aliphatic hydroxyl groups excluding tert-OH is 1. The van der Waals surface area contributed by atoms with Crippen molar-refractivity contribution in [3.63, 3.8) is 0 Å². The van der Waals surface area contributed by atoms with Crippen molar-refractivity contribution in [2.75, 3.05) is 20.3 Å². The molecule has 0 spiro atoms. The largest absolute Gasteiger partial charge is 0.493 e. The molecule has 0 aliphatic heterocycles. The number of hydrogen-bond donors (Lipinski definition) is 1. The third-order valence-corrected chi connectivity index (χ3v) is 2.37. The zero-order valence-corrected chi connectivity index (χ0v) is 10.7. The fourth-order valence-electron chi connectivity index (χ4n) is 1.61. The lowest BCUT2D eigenvalue weighted by Gasteiger charge is -2.23. The van der Waals surface area contributed by atoms with Crippen LogP contribution in [-0.2, 0) is 16.5 Å². The van der Waals surface area contributed by atoms with Gasteiger partial charge < -0.3 is 19.3 Å².